The molecule has 1 aromatic carbocycles. The highest BCUT2D eigenvalue weighted by atomic mass is 16.6. The van der Waals surface area contributed by atoms with E-state index in [9.17, 15) is 10.1 Å². The van der Waals surface area contributed by atoms with Gasteiger partial charge in [0.2, 0.25) is 0 Å². The standard InChI is InChI=1S/C12H17N3O2/c1-12(2)8-14(9-13(12)3)10-4-6-11(7-5-10)15(16)17/h4-7H,8-9H2,1-3H3. The van der Waals surface area contributed by atoms with Gasteiger partial charge in [-0.05, 0) is 33.0 Å². The summed E-state index contributed by atoms with van der Waals surface area (Å²) in [6.07, 6.45) is 0. The molecule has 0 spiro atoms. The molecule has 0 bridgehead atoms. The lowest BCUT2D eigenvalue weighted by Gasteiger charge is -2.24. The maximum absolute atomic E-state index is 10.6. The van der Waals surface area contributed by atoms with Crippen LogP contribution in [-0.4, -0.2) is 35.6 Å². The largest absolute Gasteiger partial charge is 0.357 e. The number of hydrogen-bond acceptors (Lipinski definition) is 4. The van der Waals surface area contributed by atoms with E-state index in [-0.39, 0.29) is 16.1 Å². The SMILES string of the molecule is CN1CN(c2ccc([N+](=O)[O-])cc2)CC1(C)C. The molecule has 1 fully saturated rings. The van der Waals surface area contributed by atoms with Crippen LogP contribution in [0.3, 0.4) is 0 Å². The molecular weight excluding hydrogens is 218 g/mol. The van der Waals surface area contributed by atoms with Gasteiger partial charge in [-0.25, -0.2) is 0 Å². The lowest BCUT2D eigenvalue weighted by Crippen LogP contribution is -2.36. The Labute approximate surface area is 101 Å². The summed E-state index contributed by atoms with van der Waals surface area (Å²) in [5, 5.41) is 10.6. The van der Waals surface area contributed by atoms with E-state index < -0.39 is 0 Å². The summed E-state index contributed by atoms with van der Waals surface area (Å²) in [6.45, 7) is 6.17. The lowest BCUT2D eigenvalue weighted by molar-refractivity contribution is -0.384. The third kappa shape index (κ3) is 2.24. The van der Waals surface area contributed by atoms with Crippen molar-refractivity contribution in [3.05, 3.63) is 34.4 Å². The van der Waals surface area contributed by atoms with Crippen LogP contribution >= 0.6 is 0 Å². The fourth-order valence-electron chi connectivity index (χ4n) is 2.04. The van der Waals surface area contributed by atoms with Gasteiger partial charge in [-0.3, -0.25) is 15.0 Å². The van der Waals surface area contributed by atoms with Crippen LogP contribution in [0.15, 0.2) is 24.3 Å². The quantitative estimate of drug-likeness (QED) is 0.581. The zero-order valence-electron chi connectivity index (χ0n) is 10.4. The van der Waals surface area contributed by atoms with Crippen molar-refractivity contribution >= 4 is 11.4 Å². The fourth-order valence-corrected chi connectivity index (χ4v) is 2.04. The van der Waals surface area contributed by atoms with E-state index in [1.807, 2.05) is 12.1 Å². The Hall–Kier alpha value is -1.62. The molecule has 17 heavy (non-hydrogen) atoms. The van der Waals surface area contributed by atoms with E-state index in [1.165, 1.54) is 0 Å². The van der Waals surface area contributed by atoms with Crippen LogP contribution < -0.4 is 4.90 Å². The minimum Gasteiger partial charge on any atom is -0.357 e. The molecule has 2 rings (SSSR count). The molecule has 0 atom stereocenters. The summed E-state index contributed by atoms with van der Waals surface area (Å²) in [5.74, 6) is 0. The van der Waals surface area contributed by atoms with Crippen LogP contribution in [0.1, 0.15) is 13.8 Å². The molecule has 0 saturated carbocycles. The number of nitro benzene ring substituents is 1. The minimum atomic E-state index is -0.371. The van der Waals surface area contributed by atoms with Gasteiger partial charge in [0.15, 0.2) is 0 Å². The molecule has 1 aliphatic heterocycles. The Bertz CT molecular complexity index is 428. The van der Waals surface area contributed by atoms with Gasteiger partial charge in [-0.15, -0.1) is 0 Å². The summed E-state index contributed by atoms with van der Waals surface area (Å²) in [6, 6.07) is 6.74. The van der Waals surface area contributed by atoms with Crippen molar-refractivity contribution in [2.45, 2.75) is 19.4 Å². The number of benzene rings is 1. The summed E-state index contributed by atoms with van der Waals surface area (Å²) >= 11 is 0. The molecule has 1 aliphatic rings. The third-order valence-electron chi connectivity index (χ3n) is 3.42. The Morgan fingerprint density at radius 2 is 1.88 bits per heavy atom. The van der Waals surface area contributed by atoms with Crippen molar-refractivity contribution in [1.29, 1.82) is 0 Å². The highest BCUT2D eigenvalue weighted by molar-refractivity contribution is 5.51. The van der Waals surface area contributed by atoms with Crippen LogP contribution in [0.2, 0.25) is 0 Å². The van der Waals surface area contributed by atoms with Crippen molar-refractivity contribution in [2.24, 2.45) is 0 Å². The zero-order valence-corrected chi connectivity index (χ0v) is 10.4. The summed E-state index contributed by atoms with van der Waals surface area (Å²) in [4.78, 5) is 14.7. The first-order chi connectivity index (χ1) is 7.90. The number of rotatable bonds is 2. The van der Waals surface area contributed by atoms with Gasteiger partial charge in [0.25, 0.3) is 5.69 Å². The zero-order chi connectivity index (χ0) is 12.6. The smallest absolute Gasteiger partial charge is 0.269 e. The van der Waals surface area contributed by atoms with Crippen molar-refractivity contribution < 1.29 is 4.92 Å². The first-order valence-electron chi connectivity index (χ1n) is 5.61. The second-order valence-corrected chi connectivity index (χ2v) is 5.12. The van der Waals surface area contributed by atoms with Crippen LogP contribution in [0.25, 0.3) is 0 Å². The predicted molar refractivity (Wildman–Crippen MR) is 67.2 cm³/mol. The minimum absolute atomic E-state index is 0.139. The molecule has 0 unspecified atom stereocenters. The Morgan fingerprint density at radius 1 is 1.29 bits per heavy atom. The molecule has 92 valence electrons. The molecular formula is C12H17N3O2. The van der Waals surface area contributed by atoms with Crippen LogP contribution in [0.5, 0.6) is 0 Å². The van der Waals surface area contributed by atoms with Crippen LogP contribution in [-0.2, 0) is 0 Å². The number of anilines is 1. The molecule has 1 heterocycles. The highest BCUT2D eigenvalue weighted by Crippen LogP contribution is 2.28. The molecule has 0 amide bonds. The van der Waals surface area contributed by atoms with Gasteiger partial charge < -0.3 is 4.90 Å². The molecule has 1 aromatic rings. The summed E-state index contributed by atoms with van der Waals surface area (Å²) < 4.78 is 0. The maximum atomic E-state index is 10.6. The van der Waals surface area contributed by atoms with Crippen molar-refractivity contribution in [2.75, 3.05) is 25.2 Å². The van der Waals surface area contributed by atoms with Crippen LogP contribution in [0.4, 0.5) is 11.4 Å². The average Bonchev–Trinajstić information content (AvgIpc) is 2.54. The number of nitrogens with zero attached hydrogens (tertiary/aromatic N) is 3. The van der Waals surface area contributed by atoms with E-state index in [0.29, 0.717) is 0 Å². The topological polar surface area (TPSA) is 49.6 Å². The van der Waals surface area contributed by atoms with Crippen molar-refractivity contribution in [3.63, 3.8) is 0 Å². The molecule has 0 N–H and O–H groups in total. The second kappa shape index (κ2) is 4.00. The van der Waals surface area contributed by atoms with Crippen LogP contribution in [0, 0.1) is 10.1 Å². The van der Waals surface area contributed by atoms with E-state index in [1.54, 1.807) is 12.1 Å². The van der Waals surface area contributed by atoms with E-state index in [2.05, 4.69) is 30.7 Å². The lowest BCUT2D eigenvalue weighted by atomic mass is 10.1. The Morgan fingerprint density at radius 3 is 2.29 bits per heavy atom. The summed E-state index contributed by atoms with van der Waals surface area (Å²) in [7, 11) is 2.09. The first-order valence-corrected chi connectivity index (χ1v) is 5.61. The fraction of sp³-hybridized carbons (Fsp3) is 0.500. The first kappa shape index (κ1) is 11.9. The number of hydrogen-bond donors (Lipinski definition) is 0. The molecule has 1 saturated heterocycles. The van der Waals surface area contributed by atoms with E-state index in [0.717, 1.165) is 18.9 Å². The third-order valence-corrected chi connectivity index (χ3v) is 3.42. The van der Waals surface area contributed by atoms with Gasteiger partial charge in [0.05, 0.1) is 11.6 Å². The summed E-state index contributed by atoms with van der Waals surface area (Å²) in [5.41, 5.74) is 1.32. The van der Waals surface area contributed by atoms with E-state index in [4.69, 9.17) is 0 Å². The molecule has 5 heteroatoms. The predicted octanol–water partition coefficient (Wildman–Crippen LogP) is 2.08. The number of non-ortho nitro benzene ring substituents is 1. The Balaban J connectivity index is 2.17. The van der Waals surface area contributed by atoms with Crippen molar-refractivity contribution in [1.82, 2.24) is 4.90 Å². The second-order valence-electron chi connectivity index (χ2n) is 5.12. The van der Waals surface area contributed by atoms with Crippen molar-refractivity contribution in [3.8, 4) is 0 Å². The van der Waals surface area contributed by atoms with Gasteiger partial charge >= 0.3 is 0 Å². The van der Waals surface area contributed by atoms with E-state index >= 15 is 0 Å². The van der Waals surface area contributed by atoms with Gasteiger partial charge in [0, 0.05) is 29.9 Å². The Kier molecular flexibility index (Phi) is 2.79. The average molecular weight is 235 g/mol. The van der Waals surface area contributed by atoms with Gasteiger partial charge in [-0.1, -0.05) is 0 Å². The normalized spacial score (nSPS) is 19.6. The molecule has 5 nitrogen and oxygen atoms in total. The van der Waals surface area contributed by atoms with Gasteiger partial charge in [-0.2, -0.15) is 0 Å². The highest BCUT2D eigenvalue weighted by Gasteiger charge is 2.34. The molecule has 0 aromatic heterocycles. The number of nitro groups is 1. The number of likely N-dealkylation sites (N-methyl/N-ethyl adjacent to an activating group) is 1. The maximum Gasteiger partial charge on any atom is 0.269 e. The van der Waals surface area contributed by atoms with Gasteiger partial charge in [0.1, 0.15) is 0 Å². The molecule has 0 radical (unpaired) electrons. The monoisotopic (exact) mass is 235 g/mol. The molecule has 0 aliphatic carbocycles.